The van der Waals surface area contributed by atoms with Crippen LogP contribution < -0.4 is 10.4 Å². The number of likely N-dealkylation sites (tertiary alicyclic amines) is 1. The van der Waals surface area contributed by atoms with Crippen molar-refractivity contribution < 1.29 is 22.7 Å². The molecule has 1 N–H and O–H groups in total. The van der Waals surface area contributed by atoms with Gasteiger partial charge in [-0.3, -0.25) is 9.36 Å². The molecule has 4 rings (SSSR count). The number of alkyl halides is 3. The van der Waals surface area contributed by atoms with E-state index in [1.807, 2.05) is 12.1 Å². The number of carbonyl (C=O) groups is 1. The van der Waals surface area contributed by atoms with E-state index in [2.05, 4.69) is 4.98 Å². The molecule has 0 atom stereocenters. The highest BCUT2D eigenvalue weighted by Gasteiger charge is 2.30. The van der Waals surface area contributed by atoms with Gasteiger partial charge in [-0.25, -0.2) is 4.79 Å². The summed E-state index contributed by atoms with van der Waals surface area (Å²) in [6, 6.07) is 10.0. The molecule has 9 heteroatoms. The van der Waals surface area contributed by atoms with Crippen molar-refractivity contribution in [2.75, 3.05) is 20.2 Å². The van der Waals surface area contributed by atoms with Gasteiger partial charge in [0.2, 0.25) is 5.91 Å². The number of hydrogen-bond acceptors (Lipinski definition) is 3. The number of aromatic amines is 1. The molecule has 1 aliphatic heterocycles. The molecule has 2 aromatic carbocycles. The van der Waals surface area contributed by atoms with E-state index in [1.165, 1.54) is 12.1 Å². The number of fused-ring (bicyclic) bond motifs is 1. The molecule has 1 aliphatic rings. The van der Waals surface area contributed by atoms with E-state index in [9.17, 15) is 22.8 Å². The summed E-state index contributed by atoms with van der Waals surface area (Å²) in [6.07, 6.45) is -3.15. The Morgan fingerprint density at radius 2 is 1.81 bits per heavy atom. The number of ether oxygens (including phenoxy) is 1. The molecule has 1 fully saturated rings. The molecule has 0 radical (unpaired) electrons. The van der Waals surface area contributed by atoms with Crippen molar-refractivity contribution in [3.05, 3.63) is 64.1 Å². The molecule has 6 nitrogen and oxygen atoms in total. The summed E-state index contributed by atoms with van der Waals surface area (Å²) in [5.74, 6) is 0.471. The van der Waals surface area contributed by atoms with E-state index in [0.29, 0.717) is 48.3 Å². The zero-order valence-corrected chi connectivity index (χ0v) is 16.9. The number of aromatic nitrogens is 2. The van der Waals surface area contributed by atoms with E-state index >= 15 is 0 Å². The number of H-pyrrole nitrogens is 1. The quantitative estimate of drug-likeness (QED) is 0.681. The highest BCUT2D eigenvalue weighted by atomic mass is 19.4. The number of nitrogens with one attached hydrogen (secondary N) is 1. The summed E-state index contributed by atoms with van der Waals surface area (Å²) >= 11 is 0. The lowest BCUT2D eigenvalue weighted by Crippen LogP contribution is -2.41. The van der Waals surface area contributed by atoms with Gasteiger partial charge in [0.25, 0.3) is 0 Å². The van der Waals surface area contributed by atoms with Gasteiger partial charge in [-0.1, -0.05) is 18.2 Å². The van der Waals surface area contributed by atoms with Crippen molar-refractivity contribution in [2.45, 2.75) is 31.5 Å². The van der Waals surface area contributed by atoms with Crippen LogP contribution in [-0.4, -0.2) is 40.6 Å². The van der Waals surface area contributed by atoms with Crippen molar-refractivity contribution in [2.24, 2.45) is 0 Å². The summed E-state index contributed by atoms with van der Waals surface area (Å²) in [5.41, 5.74) is 1.01. The summed E-state index contributed by atoms with van der Waals surface area (Å²) in [4.78, 5) is 29.7. The lowest BCUT2D eigenvalue weighted by molar-refractivity contribution is -0.137. The number of piperidine rings is 1. The minimum Gasteiger partial charge on any atom is -0.494 e. The summed E-state index contributed by atoms with van der Waals surface area (Å²) in [7, 11) is 1.55. The first-order valence-corrected chi connectivity index (χ1v) is 9.99. The van der Waals surface area contributed by atoms with Crippen LogP contribution in [0.5, 0.6) is 5.75 Å². The van der Waals surface area contributed by atoms with Crippen LogP contribution in [0.4, 0.5) is 13.2 Å². The van der Waals surface area contributed by atoms with Gasteiger partial charge >= 0.3 is 11.9 Å². The van der Waals surface area contributed by atoms with Gasteiger partial charge in [0, 0.05) is 19.1 Å². The standard InChI is InChI=1S/C22H22F3N3O3/c1-31-18-4-2-3-17-20(18)28(21(30)26-17)16-9-11-27(12-10-16)19(29)13-14-5-7-15(8-6-14)22(23,24)25/h2-8,16H,9-13H2,1H3,(H,26,30). The lowest BCUT2D eigenvalue weighted by Gasteiger charge is -2.32. The average Bonchev–Trinajstić information content (AvgIpc) is 3.09. The Morgan fingerprint density at radius 3 is 2.42 bits per heavy atom. The van der Waals surface area contributed by atoms with Crippen molar-refractivity contribution in [1.29, 1.82) is 0 Å². The highest BCUT2D eigenvalue weighted by molar-refractivity contribution is 5.82. The van der Waals surface area contributed by atoms with E-state index in [4.69, 9.17) is 4.74 Å². The van der Waals surface area contributed by atoms with Crippen LogP contribution in [0.2, 0.25) is 0 Å². The molecule has 0 bridgehead atoms. The SMILES string of the molecule is COc1cccc2[nH]c(=O)n(C3CCN(C(=O)Cc4ccc(C(F)(F)F)cc4)CC3)c12. The first-order chi connectivity index (χ1) is 14.8. The molecule has 0 unspecified atom stereocenters. The number of carbonyl (C=O) groups excluding carboxylic acids is 1. The fraction of sp³-hybridized carbons (Fsp3) is 0.364. The third-order valence-corrected chi connectivity index (χ3v) is 5.74. The smallest absolute Gasteiger partial charge is 0.416 e. The number of para-hydroxylation sites is 1. The molecular weight excluding hydrogens is 411 g/mol. The van der Waals surface area contributed by atoms with Crippen LogP contribution in [0.1, 0.15) is 30.0 Å². The second-order valence-corrected chi connectivity index (χ2v) is 7.64. The number of benzene rings is 2. The molecule has 0 aliphatic carbocycles. The number of halogens is 3. The number of rotatable bonds is 4. The average molecular weight is 433 g/mol. The maximum atomic E-state index is 12.7. The molecule has 2 heterocycles. The Balaban J connectivity index is 1.43. The molecule has 1 saturated heterocycles. The van der Waals surface area contributed by atoms with Crippen LogP contribution in [0.25, 0.3) is 11.0 Å². The van der Waals surface area contributed by atoms with Crippen LogP contribution >= 0.6 is 0 Å². The van der Waals surface area contributed by atoms with Gasteiger partial charge in [-0.05, 0) is 42.7 Å². The van der Waals surface area contributed by atoms with E-state index in [1.54, 1.807) is 22.6 Å². The fourth-order valence-electron chi connectivity index (χ4n) is 4.13. The van der Waals surface area contributed by atoms with Gasteiger partial charge in [-0.2, -0.15) is 13.2 Å². The Morgan fingerprint density at radius 1 is 1.13 bits per heavy atom. The Bertz CT molecular complexity index is 1140. The van der Waals surface area contributed by atoms with Crippen molar-refractivity contribution in [1.82, 2.24) is 14.5 Å². The Labute approximate surface area is 176 Å². The topological polar surface area (TPSA) is 67.3 Å². The number of nitrogens with zero attached hydrogens (tertiary/aromatic N) is 2. The summed E-state index contributed by atoms with van der Waals surface area (Å²) < 4.78 is 45.2. The molecule has 164 valence electrons. The fourth-order valence-corrected chi connectivity index (χ4v) is 4.13. The monoisotopic (exact) mass is 433 g/mol. The first kappa shape index (κ1) is 21.0. The molecule has 3 aromatic rings. The Hall–Kier alpha value is -3.23. The van der Waals surface area contributed by atoms with Gasteiger partial charge in [0.05, 0.1) is 24.6 Å². The van der Waals surface area contributed by atoms with Crippen molar-refractivity contribution in [3.8, 4) is 5.75 Å². The van der Waals surface area contributed by atoms with Gasteiger partial charge in [0.15, 0.2) is 0 Å². The summed E-state index contributed by atoms with van der Waals surface area (Å²) in [5, 5.41) is 0. The van der Waals surface area contributed by atoms with Crippen molar-refractivity contribution in [3.63, 3.8) is 0 Å². The number of hydrogen-bond donors (Lipinski definition) is 1. The minimum absolute atomic E-state index is 0.0453. The molecule has 0 spiro atoms. The van der Waals surface area contributed by atoms with Crippen LogP contribution in [0, 0.1) is 0 Å². The molecule has 1 aromatic heterocycles. The lowest BCUT2D eigenvalue weighted by atomic mass is 10.0. The molecule has 0 saturated carbocycles. The first-order valence-electron chi connectivity index (χ1n) is 9.99. The molecule has 31 heavy (non-hydrogen) atoms. The largest absolute Gasteiger partial charge is 0.494 e. The van der Waals surface area contributed by atoms with Crippen LogP contribution in [0.15, 0.2) is 47.3 Å². The maximum absolute atomic E-state index is 12.7. The Kier molecular flexibility index (Phi) is 5.51. The van der Waals surface area contributed by atoms with Crippen molar-refractivity contribution >= 4 is 16.9 Å². The van der Waals surface area contributed by atoms with Gasteiger partial charge in [0.1, 0.15) is 11.3 Å². The number of amides is 1. The molecular formula is C22H22F3N3O3. The third kappa shape index (κ3) is 4.17. The minimum atomic E-state index is -4.40. The summed E-state index contributed by atoms with van der Waals surface area (Å²) in [6.45, 7) is 0.941. The third-order valence-electron chi connectivity index (χ3n) is 5.74. The highest BCUT2D eigenvalue weighted by Crippen LogP contribution is 2.31. The maximum Gasteiger partial charge on any atom is 0.416 e. The number of methoxy groups -OCH3 is 1. The van der Waals surface area contributed by atoms with Gasteiger partial charge in [-0.15, -0.1) is 0 Å². The van der Waals surface area contributed by atoms with Crippen LogP contribution in [-0.2, 0) is 17.4 Å². The predicted molar refractivity (Wildman–Crippen MR) is 109 cm³/mol. The number of imidazole rings is 1. The van der Waals surface area contributed by atoms with E-state index in [-0.39, 0.29) is 24.1 Å². The van der Waals surface area contributed by atoms with E-state index in [0.717, 1.165) is 12.1 Å². The van der Waals surface area contributed by atoms with E-state index < -0.39 is 11.7 Å². The van der Waals surface area contributed by atoms with Gasteiger partial charge < -0.3 is 14.6 Å². The second kappa shape index (κ2) is 8.13. The zero-order chi connectivity index (χ0) is 22.2. The zero-order valence-electron chi connectivity index (χ0n) is 16.9. The molecule has 1 amide bonds. The normalized spacial score (nSPS) is 15.4. The second-order valence-electron chi connectivity index (χ2n) is 7.64. The predicted octanol–water partition coefficient (Wildman–Crippen LogP) is 3.76. The van der Waals surface area contributed by atoms with Crippen LogP contribution in [0.3, 0.4) is 0 Å².